The highest BCUT2D eigenvalue weighted by Crippen LogP contribution is 2.32. The van der Waals surface area contributed by atoms with Crippen LogP contribution in [0.5, 0.6) is 0 Å². The second-order valence-corrected chi connectivity index (χ2v) is 3.97. The summed E-state index contributed by atoms with van der Waals surface area (Å²) >= 11 is 0. The fourth-order valence-corrected chi connectivity index (χ4v) is 1.71. The third-order valence-electron chi connectivity index (χ3n) is 2.68. The van der Waals surface area contributed by atoms with Crippen LogP contribution in [-0.4, -0.2) is 5.97 Å². The van der Waals surface area contributed by atoms with Crippen molar-refractivity contribution in [3.8, 4) is 0 Å². The molecule has 1 heterocycles. The summed E-state index contributed by atoms with van der Waals surface area (Å²) in [4.78, 5) is 11.2. The van der Waals surface area contributed by atoms with Crippen LogP contribution in [0, 0.1) is 12.8 Å². The van der Waals surface area contributed by atoms with E-state index in [0.29, 0.717) is 0 Å². The Morgan fingerprint density at radius 1 is 1.29 bits per heavy atom. The molecule has 0 unspecified atom stereocenters. The summed E-state index contributed by atoms with van der Waals surface area (Å²) in [6, 6.07) is 8.16. The van der Waals surface area contributed by atoms with Gasteiger partial charge in [-0.2, -0.15) is 0 Å². The largest absolute Gasteiger partial charge is 0.457 e. The molecule has 74 valence electrons. The van der Waals surface area contributed by atoms with E-state index in [2.05, 4.69) is 0 Å². The normalized spacial score (nSPS) is 26.3. The van der Waals surface area contributed by atoms with Crippen molar-refractivity contribution in [2.45, 2.75) is 26.4 Å². The molecule has 1 saturated heterocycles. The number of carbonyl (C=O) groups excluding carboxylic acids is 1. The van der Waals surface area contributed by atoms with Crippen LogP contribution >= 0.6 is 0 Å². The lowest BCUT2D eigenvalue weighted by atomic mass is 10.0. The average molecular weight is 190 g/mol. The summed E-state index contributed by atoms with van der Waals surface area (Å²) in [5.74, 6) is -0.0307. The first kappa shape index (κ1) is 9.25. The smallest absolute Gasteiger partial charge is 0.309 e. The minimum absolute atomic E-state index is 0.0295. The maximum absolute atomic E-state index is 11.2. The van der Waals surface area contributed by atoms with Gasteiger partial charge in [-0.25, -0.2) is 0 Å². The fraction of sp³-hybridized carbons (Fsp3) is 0.417. The molecule has 2 nitrogen and oxygen atoms in total. The van der Waals surface area contributed by atoms with Crippen LogP contribution in [0.4, 0.5) is 0 Å². The zero-order chi connectivity index (χ0) is 10.1. The number of rotatable bonds is 1. The fourth-order valence-electron chi connectivity index (χ4n) is 1.71. The van der Waals surface area contributed by atoms with Gasteiger partial charge in [0.1, 0.15) is 6.10 Å². The Bertz CT molecular complexity index is 340. The van der Waals surface area contributed by atoms with Gasteiger partial charge in [0.15, 0.2) is 0 Å². The van der Waals surface area contributed by atoms with E-state index >= 15 is 0 Å². The van der Waals surface area contributed by atoms with Crippen LogP contribution in [0.2, 0.25) is 0 Å². The van der Waals surface area contributed by atoms with Crippen molar-refractivity contribution >= 4 is 5.97 Å². The van der Waals surface area contributed by atoms with Crippen LogP contribution in [0.15, 0.2) is 24.3 Å². The topological polar surface area (TPSA) is 26.3 Å². The molecule has 2 heteroatoms. The predicted octanol–water partition coefficient (Wildman–Crippen LogP) is 2.62. The van der Waals surface area contributed by atoms with Crippen LogP contribution in [-0.2, 0) is 9.53 Å². The van der Waals surface area contributed by atoms with Crippen molar-refractivity contribution in [2.24, 2.45) is 5.92 Å². The Labute approximate surface area is 83.9 Å². The summed E-state index contributed by atoms with van der Waals surface area (Å²) in [6.07, 6.45) is 0.778. The summed E-state index contributed by atoms with van der Waals surface area (Å²) in [5.41, 5.74) is 2.33. The molecule has 0 saturated carbocycles. The van der Waals surface area contributed by atoms with Crippen molar-refractivity contribution in [2.75, 3.05) is 0 Å². The van der Waals surface area contributed by atoms with Gasteiger partial charge in [-0.1, -0.05) is 36.8 Å². The lowest BCUT2D eigenvalue weighted by Gasteiger charge is -2.08. The van der Waals surface area contributed by atoms with Crippen LogP contribution in [0.25, 0.3) is 0 Å². The molecule has 1 aromatic carbocycles. The maximum Gasteiger partial charge on any atom is 0.309 e. The minimum Gasteiger partial charge on any atom is -0.457 e. The summed E-state index contributed by atoms with van der Waals surface area (Å²) in [7, 11) is 0. The molecule has 0 aliphatic carbocycles. The summed E-state index contributed by atoms with van der Waals surface area (Å²) in [5, 5.41) is 0. The number of benzene rings is 1. The Morgan fingerprint density at radius 2 is 1.93 bits per heavy atom. The van der Waals surface area contributed by atoms with Gasteiger partial charge in [-0.3, -0.25) is 4.79 Å². The minimum atomic E-state index is -0.0735. The van der Waals surface area contributed by atoms with E-state index in [1.807, 2.05) is 38.1 Å². The van der Waals surface area contributed by atoms with E-state index in [9.17, 15) is 4.79 Å². The van der Waals surface area contributed by atoms with Crippen LogP contribution in [0.1, 0.15) is 30.6 Å². The van der Waals surface area contributed by atoms with Crippen molar-refractivity contribution in [1.29, 1.82) is 0 Å². The molecule has 0 aromatic heterocycles. The maximum atomic E-state index is 11.2. The molecule has 1 fully saturated rings. The van der Waals surface area contributed by atoms with E-state index in [4.69, 9.17) is 4.74 Å². The zero-order valence-corrected chi connectivity index (χ0v) is 8.49. The summed E-state index contributed by atoms with van der Waals surface area (Å²) in [6.45, 7) is 3.96. The second-order valence-electron chi connectivity index (χ2n) is 3.97. The highest BCUT2D eigenvalue weighted by atomic mass is 16.5. The third kappa shape index (κ3) is 1.65. The number of cyclic esters (lactones) is 1. The van der Waals surface area contributed by atoms with Gasteiger partial charge in [-0.05, 0) is 12.5 Å². The van der Waals surface area contributed by atoms with Crippen molar-refractivity contribution < 1.29 is 9.53 Å². The van der Waals surface area contributed by atoms with Crippen LogP contribution < -0.4 is 0 Å². The van der Waals surface area contributed by atoms with Crippen molar-refractivity contribution in [1.82, 2.24) is 0 Å². The van der Waals surface area contributed by atoms with E-state index < -0.39 is 0 Å². The molecule has 1 aliphatic heterocycles. The number of ether oxygens (including phenoxy) is 1. The molecular weight excluding hydrogens is 176 g/mol. The SMILES string of the molecule is Cc1ccc([C@H]2C[C@@H](C)C(=O)O2)cc1. The quantitative estimate of drug-likeness (QED) is 0.636. The van der Waals surface area contributed by atoms with Crippen molar-refractivity contribution in [3.63, 3.8) is 0 Å². The van der Waals surface area contributed by atoms with Gasteiger partial charge in [-0.15, -0.1) is 0 Å². The van der Waals surface area contributed by atoms with Crippen LogP contribution in [0.3, 0.4) is 0 Å². The van der Waals surface area contributed by atoms with E-state index in [1.54, 1.807) is 0 Å². The lowest BCUT2D eigenvalue weighted by molar-refractivity contribution is -0.144. The molecule has 1 aliphatic rings. The average Bonchev–Trinajstić information content (AvgIpc) is 2.48. The van der Waals surface area contributed by atoms with E-state index in [-0.39, 0.29) is 18.0 Å². The first-order valence-electron chi connectivity index (χ1n) is 4.94. The Kier molecular flexibility index (Phi) is 2.28. The monoisotopic (exact) mass is 190 g/mol. The first-order chi connectivity index (χ1) is 6.66. The van der Waals surface area contributed by atoms with E-state index in [0.717, 1.165) is 12.0 Å². The molecule has 2 rings (SSSR count). The highest BCUT2D eigenvalue weighted by Gasteiger charge is 2.31. The first-order valence-corrected chi connectivity index (χ1v) is 4.94. The Morgan fingerprint density at radius 3 is 2.43 bits per heavy atom. The number of carbonyl (C=O) groups is 1. The zero-order valence-electron chi connectivity index (χ0n) is 8.49. The number of hydrogen-bond acceptors (Lipinski definition) is 2. The molecule has 2 atom stereocenters. The van der Waals surface area contributed by atoms with Gasteiger partial charge in [0.2, 0.25) is 0 Å². The van der Waals surface area contributed by atoms with E-state index in [1.165, 1.54) is 5.56 Å². The number of esters is 1. The molecule has 1 aromatic rings. The molecule has 14 heavy (non-hydrogen) atoms. The molecule has 0 radical (unpaired) electrons. The Hall–Kier alpha value is -1.31. The second kappa shape index (κ2) is 3.45. The van der Waals surface area contributed by atoms with Gasteiger partial charge in [0, 0.05) is 6.42 Å². The molecule has 0 bridgehead atoms. The van der Waals surface area contributed by atoms with Gasteiger partial charge in [0.25, 0.3) is 0 Å². The molecular formula is C12H14O2. The molecule has 0 spiro atoms. The Balaban J connectivity index is 2.17. The van der Waals surface area contributed by atoms with Gasteiger partial charge in [0.05, 0.1) is 5.92 Å². The lowest BCUT2D eigenvalue weighted by Crippen LogP contribution is -2.01. The van der Waals surface area contributed by atoms with Gasteiger partial charge >= 0.3 is 5.97 Å². The number of hydrogen-bond donors (Lipinski definition) is 0. The standard InChI is InChI=1S/C12H14O2/c1-8-3-5-10(6-4-8)11-7-9(2)12(13)14-11/h3-6,9,11H,7H2,1-2H3/t9-,11-/m1/s1. The third-order valence-corrected chi connectivity index (χ3v) is 2.68. The summed E-state index contributed by atoms with van der Waals surface area (Å²) < 4.78 is 5.26. The molecule has 0 N–H and O–H groups in total. The molecule has 0 amide bonds. The van der Waals surface area contributed by atoms with Crippen molar-refractivity contribution in [3.05, 3.63) is 35.4 Å². The van der Waals surface area contributed by atoms with Gasteiger partial charge < -0.3 is 4.74 Å². The predicted molar refractivity (Wildman–Crippen MR) is 53.8 cm³/mol. The highest BCUT2D eigenvalue weighted by molar-refractivity contribution is 5.74. The number of aryl methyl sites for hydroxylation is 1.